The molecule has 0 aliphatic heterocycles. The molecule has 0 fully saturated rings. The van der Waals surface area contributed by atoms with Crippen molar-refractivity contribution < 1.29 is 19.8 Å². The Labute approximate surface area is 117 Å². The molecule has 0 radical (unpaired) electrons. The van der Waals surface area contributed by atoms with Crippen molar-refractivity contribution in [3.8, 4) is 0 Å². The van der Waals surface area contributed by atoms with Gasteiger partial charge in [0.15, 0.2) is 6.04 Å². The third-order valence-corrected chi connectivity index (χ3v) is 2.96. The van der Waals surface area contributed by atoms with Gasteiger partial charge in [-0.05, 0) is 26.3 Å². The summed E-state index contributed by atoms with van der Waals surface area (Å²) < 4.78 is 0. The number of carboxylic acids is 1. The molecule has 3 atom stereocenters. The van der Waals surface area contributed by atoms with Crippen LogP contribution in [0, 0.1) is 6.92 Å². The highest BCUT2D eigenvalue weighted by Gasteiger charge is 2.25. The number of carbonyl (C=O) groups is 2. The molecule has 0 aromatic heterocycles. The molecule has 4 N–H and O–H groups in total. The summed E-state index contributed by atoms with van der Waals surface area (Å²) in [6.07, 6.45) is -1.17. The largest absolute Gasteiger partial charge is 0.480 e. The number of carbonyl (C=O) groups excluding carboxylic acids is 1. The first-order valence-corrected chi connectivity index (χ1v) is 6.35. The maximum atomic E-state index is 11.7. The number of aliphatic hydroxyl groups excluding tert-OH is 1. The summed E-state index contributed by atoms with van der Waals surface area (Å²) >= 11 is 0. The van der Waals surface area contributed by atoms with Crippen LogP contribution in [-0.4, -0.2) is 34.4 Å². The quantitative estimate of drug-likeness (QED) is 0.651. The van der Waals surface area contributed by atoms with Gasteiger partial charge in [-0.25, -0.2) is 9.59 Å². The molecule has 1 unspecified atom stereocenters. The van der Waals surface area contributed by atoms with E-state index in [1.807, 2.05) is 31.2 Å². The summed E-state index contributed by atoms with van der Waals surface area (Å²) in [5.41, 5.74) is 2.03. The Morgan fingerprint density at radius 2 is 1.65 bits per heavy atom. The SMILES string of the molecule is Cc1ccc(C(C)NC(=O)N[C@H](C(=O)O)[C@@H](C)O)cc1. The van der Waals surface area contributed by atoms with Crippen molar-refractivity contribution in [2.45, 2.75) is 39.0 Å². The summed E-state index contributed by atoms with van der Waals surface area (Å²) in [5.74, 6) is -1.28. The molecular formula is C14H20N2O4. The minimum absolute atomic E-state index is 0.265. The second-order valence-electron chi connectivity index (χ2n) is 4.81. The number of aryl methyl sites for hydroxylation is 1. The normalized spacial score (nSPS) is 15.0. The zero-order valence-corrected chi connectivity index (χ0v) is 11.8. The number of aliphatic hydroxyl groups is 1. The lowest BCUT2D eigenvalue weighted by Crippen LogP contribution is -2.51. The highest BCUT2D eigenvalue weighted by molar-refractivity contribution is 5.83. The van der Waals surface area contributed by atoms with Crippen LogP contribution < -0.4 is 10.6 Å². The van der Waals surface area contributed by atoms with Crippen LogP contribution >= 0.6 is 0 Å². The highest BCUT2D eigenvalue weighted by Crippen LogP contribution is 2.12. The van der Waals surface area contributed by atoms with Crippen molar-refractivity contribution in [1.29, 1.82) is 0 Å². The number of benzene rings is 1. The van der Waals surface area contributed by atoms with E-state index >= 15 is 0 Å². The molecule has 1 aromatic rings. The monoisotopic (exact) mass is 280 g/mol. The molecule has 20 heavy (non-hydrogen) atoms. The fourth-order valence-corrected chi connectivity index (χ4v) is 1.71. The first-order chi connectivity index (χ1) is 9.31. The Balaban J connectivity index is 2.61. The Kier molecular flexibility index (Phi) is 5.52. The van der Waals surface area contributed by atoms with Crippen molar-refractivity contribution in [3.05, 3.63) is 35.4 Å². The van der Waals surface area contributed by atoms with Gasteiger partial charge in [-0.3, -0.25) is 0 Å². The van der Waals surface area contributed by atoms with E-state index in [-0.39, 0.29) is 6.04 Å². The molecule has 1 rings (SSSR count). The molecular weight excluding hydrogens is 260 g/mol. The van der Waals surface area contributed by atoms with Gasteiger partial charge in [-0.2, -0.15) is 0 Å². The number of urea groups is 1. The second kappa shape index (κ2) is 6.91. The summed E-state index contributed by atoms with van der Waals surface area (Å²) in [4.78, 5) is 22.6. The van der Waals surface area contributed by atoms with E-state index in [1.165, 1.54) is 6.92 Å². The lowest BCUT2D eigenvalue weighted by atomic mass is 10.1. The van der Waals surface area contributed by atoms with Crippen LogP contribution in [0.3, 0.4) is 0 Å². The average molecular weight is 280 g/mol. The first kappa shape index (κ1) is 16.0. The third kappa shape index (κ3) is 4.55. The first-order valence-electron chi connectivity index (χ1n) is 6.35. The molecule has 110 valence electrons. The fraction of sp³-hybridized carbons (Fsp3) is 0.429. The maximum Gasteiger partial charge on any atom is 0.328 e. The van der Waals surface area contributed by atoms with Crippen LogP contribution in [0.15, 0.2) is 24.3 Å². The molecule has 0 bridgehead atoms. The van der Waals surface area contributed by atoms with Crippen molar-refractivity contribution in [2.24, 2.45) is 0 Å². The van der Waals surface area contributed by atoms with Gasteiger partial charge < -0.3 is 20.8 Å². The Hall–Kier alpha value is -2.08. The second-order valence-corrected chi connectivity index (χ2v) is 4.81. The van der Waals surface area contributed by atoms with Crippen molar-refractivity contribution in [3.63, 3.8) is 0 Å². The summed E-state index contributed by atoms with van der Waals surface area (Å²) in [6.45, 7) is 5.07. The van der Waals surface area contributed by atoms with Crippen molar-refractivity contribution >= 4 is 12.0 Å². The van der Waals surface area contributed by atoms with Gasteiger partial charge >= 0.3 is 12.0 Å². The molecule has 0 aliphatic carbocycles. The van der Waals surface area contributed by atoms with E-state index in [9.17, 15) is 14.7 Å². The van der Waals surface area contributed by atoms with Gasteiger partial charge in [-0.1, -0.05) is 29.8 Å². The van der Waals surface area contributed by atoms with Crippen LogP contribution in [0.1, 0.15) is 31.0 Å². The number of hydrogen-bond acceptors (Lipinski definition) is 3. The van der Waals surface area contributed by atoms with Gasteiger partial charge in [0.1, 0.15) is 0 Å². The predicted octanol–water partition coefficient (Wildman–Crippen LogP) is 1.19. The van der Waals surface area contributed by atoms with E-state index in [1.54, 1.807) is 6.92 Å². The number of rotatable bonds is 5. The van der Waals surface area contributed by atoms with Crippen molar-refractivity contribution in [2.75, 3.05) is 0 Å². The Morgan fingerprint density at radius 1 is 1.10 bits per heavy atom. The summed E-state index contributed by atoms with van der Waals surface area (Å²) in [6, 6.07) is 5.42. The molecule has 1 aromatic carbocycles. The van der Waals surface area contributed by atoms with Crippen LogP contribution in [0.5, 0.6) is 0 Å². The van der Waals surface area contributed by atoms with Crippen LogP contribution in [0.2, 0.25) is 0 Å². The number of carboxylic acid groups (broad SMARTS) is 1. The molecule has 0 aliphatic rings. The van der Waals surface area contributed by atoms with Crippen molar-refractivity contribution in [1.82, 2.24) is 10.6 Å². The fourth-order valence-electron chi connectivity index (χ4n) is 1.71. The predicted molar refractivity (Wildman–Crippen MR) is 74.4 cm³/mol. The Morgan fingerprint density at radius 3 is 2.10 bits per heavy atom. The molecule has 0 heterocycles. The minimum atomic E-state index is -1.33. The maximum absolute atomic E-state index is 11.7. The lowest BCUT2D eigenvalue weighted by Gasteiger charge is -2.20. The molecule has 6 nitrogen and oxygen atoms in total. The third-order valence-electron chi connectivity index (χ3n) is 2.96. The zero-order chi connectivity index (χ0) is 15.3. The highest BCUT2D eigenvalue weighted by atomic mass is 16.4. The molecule has 2 amide bonds. The van der Waals surface area contributed by atoms with Gasteiger partial charge in [-0.15, -0.1) is 0 Å². The topological polar surface area (TPSA) is 98.7 Å². The zero-order valence-electron chi connectivity index (χ0n) is 11.8. The van der Waals surface area contributed by atoms with Gasteiger partial charge in [0.05, 0.1) is 12.1 Å². The standard InChI is InChI=1S/C14H20N2O4/c1-8-4-6-11(7-5-8)9(2)15-14(20)16-12(10(3)17)13(18)19/h4-7,9-10,12,17H,1-3H3,(H,18,19)(H2,15,16,20)/t9?,10-,12+/m1/s1. The minimum Gasteiger partial charge on any atom is -0.480 e. The summed E-state index contributed by atoms with van der Waals surface area (Å²) in [5, 5.41) is 23.0. The molecule has 0 saturated carbocycles. The van der Waals surface area contributed by atoms with E-state index in [0.29, 0.717) is 0 Å². The molecule has 6 heteroatoms. The number of nitrogens with one attached hydrogen (secondary N) is 2. The van der Waals surface area contributed by atoms with Crippen LogP contribution in [0.4, 0.5) is 4.79 Å². The van der Waals surface area contributed by atoms with E-state index < -0.39 is 24.1 Å². The Bertz CT molecular complexity index is 471. The smallest absolute Gasteiger partial charge is 0.328 e. The van der Waals surface area contributed by atoms with E-state index in [4.69, 9.17) is 5.11 Å². The van der Waals surface area contributed by atoms with Gasteiger partial charge in [0, 0.05) is 0 Å². The molecule has 0 spiro atoms. The van der Waals surface area contributed by atoms with E-state index in [0.717, 1.165) is 11.1 Å². The van der Waals surface area contributed by atoms with Crippen LogP contribution in [-0.2, 0) is 4.79 Å². The average Bonchev–Trinajstić information content (AvgIpc) is 2.35. The summed E-state index contributed by atoms with van der Waals surface area (Å²) in [7, 11) is 0. The van der Waals surface area contributed by atoms with Gasteiger partial charge in [0.2, 0.25) is 0 Å². The van der Waals surface area contributed by atoms with Crippen LogP contribution in [0.25, 0.3) is 0 Å². The number of hydrogen-bond donors (Lipinski definition) is 4. The molecule has 0 saturated heterocycles. The number of aliphatic carboxylic acids is 1. The lowest BCUT2D eigenvalue weighted by molar-refractivity contribution is -0.141. The van der Waals surface area contributed by atoms with E-state index in [2.05, 4.69) is 10.6 Å². The van der Waals surface area contributed by atoms with Gasteiger partial charge in [0.25, 0.3) is 0 Å². The number of amides is 2.